The second-order valence-corrected chi connectivity index (χ2v) is 5.87. The van der Waals surface area contributed by atoms with E-state index >= 15 is 0 Å². The van der Waals surface area contributed by atoms with Crippen molar-refractivity contribution < 1.29 is 19.8 Å². The molecule has 0 saturated carbocycles. The minimum absolute atomic E-state index is 0. The van der Waals surface area contributed by atoms with Crippen LogP contribution in [-0.2, 0) is 9.59 Å². The predicted octanol–water partition coefficient (Wildman–Crippen LogP) is 5.41. The van der Waals surface area contributed by atoms with Crippen molar-refractivity contribution in [1.29, 1.82) is 0 Å². The molecule has 0 aliphatic rings. The zero-order valence-electron chi connectivity index (χ0n) is 14.2. The van der Waals surface area contributed by atoms with E-state index in [2.05, 4.69) is 37.3 Å². The van der Waals surface area contributed by atoms with E-state index in [0.717, 1.165) is 6.42 Å². The highest BCUT2D eigenvalue weighted by Gasteiger charge is 2.12. The Bertz CT molecular complexity index is 732. The first-order chi connectivity index (χ1) is 11.8. The lowest BCUT2D eigenvalue weighted by Crippen LogP contribution is -1.99. The molecule has 0 amide bonds. The van der Waals surface area contributed by atoms with Crippen LogP contribution in [0.25, 0.3) is 0 Å². The van der Waals surface area contributed by atoms with Crippen LogP contribution in [0.1, 0.15) is 30.4 Å². The van der Waals surface area contributed by atoms with Crippen LogP contribution in [0.3, 0.4) is 0 Å². The molecule has 5 nitrogen and oxygen atoms in total. The van der Waals surface area contributed by atoms with Crippen LogP contribution >= 0.6 is 23.2 Å². The smallest absolute Gasteiger partial charge is 0.328 e. The van der Waals surface area contributed by atoms with E-state index in [1.54, 1.807) is 0 Å². The Morgan fingerprint density at radius 3 is 1.88 bits per heavy atom. The highest BCUT2D eigenvalue weighted by Crippen LogP contribution is 2.32. The standard InChI is InChI=1S/C15H14Cl2.C4H4O4.H3N/c1-2-13(11-6-4-3-5-7-11)12-8-9-14(16)15(17)10-12;5-3(6)1-2-4(7)8;/h3-10,13H,2H2,1H3;1-2H,(H,5,6)(H,7,8);1H3. The second-order valence-electron chi connectivity index (χ2n) is 5.05. The summed E-state index contributed by atoms with van der Waals surface area (Å²) in [6.45, 7) is 2.18. The zero-order valence-corrected chi connectivity index (χ0v) is 15.7. The maximum atomic E-state index is 9.55. The van der Waals surface area contributed by atoms with E-state index in [1.165, 1.54) is 11.1 Å². The van der Waals surface area contributed by atoms with Crippen molar-refractivity contribution in [3.63, 3.8) is 0 Å². The van der Waals surface area contributed by atoms with Crippen molar-refractivity contribution in [1.82, 2.24) is 6.15 Å². The van der Waals surface area contributed by atoms with E-state index in [-0.39, 0.29) is 6.15 Å². The number of hydrogen-bond donors (Lipinski definition) is 3. The van der Waals surface area contributed by atoms with Crippen LogP contribution in [0, 0.1) is 0 Å². The summed E-state index contributed by atoms with van der Waals surface area (Å²) in [6, 6.07) is 16.3. The first kappa shape index (κ1) is 23.7. The largest absolute Gasteiger partial charge is 0.478 e. The summed E-state index contributed by atoms with van der Waals surface area (Å²) >= 11 is 12.0. The summed E-state index contributed by atoms with van der Waals surface area (Å²) in [7, 11) is 0. The van der Waals surface area contributed by atoms with Crippen LogP contribution in [0.5, 0.6) is 0 Å². The van der Waals surface area contributed by atoms with Gasteiger partial charge in [0.05, 0.1) is 10.0 Å². The summed E-state index contributed by atoms with van der Waals surface area (Å²) in [4.78, 5) is 19.1. The molecule has 2 aromatic carbocycles. The molecular formula is C19H21Cl2NO4. The lowest BCUT2D eigenvalue weighted by molar-refractivity contribution is -0.134. The Kier molecular flexibility index (Phi) is 11.0. The van der Waals surface area contributed by atoms with Crippen molar-refractivity contribution in [3.8, 4) is 0 Å². The number of benzene rings is 2. The van der Waals surface area contributed by atoms with Gasteiger partial charge in [-0.15, -0.1) is 0 Å². The third-order valence-corrected chi connectivity index (χ3v) is 4.06. The number of rotatable bonds is 5. The topological polar surface area (TPSA) is 110 Å². The molecule has 0 saturated heterocycles. The van der Waals surface area contributed by atoms with Gasteiger partial charge in [0.2, 0.25) is 0 Å². The lowest BCUT2D eigenvalue weighted by Gasteiger charge is -2.16. The molecule has 7 heteroatoms. The molecule has 26 heavy (non-hydrogen) atoms. The summed E-state index contributed by atoms with van der Waals surface area (Å²) < 4.78 is 0. The van der Waals surface area contributed by atoms with Crippen molar-refractivity contribution in [2.24, 2.45) is 0 Å². The fourth-order valence-electron chi connectivity index (χ4n) is 2.22. The van der Waals surface area contributed by atoms with E-state index < -0.39 is 11.9 Å². The second kappa shape index (κ2) is 12.1. The quantitative estimate of drug-likeness (QED) is 0.584. The van der Waals surface area contributed by atoms with Gasteiger partial charge in [0.1, 0.15) is 0 Å². The molecule has 0 radical (unpaired) electrons. The van der Waals surface area contributed by atoms with Gasteiger partial charge in [-0.3, -0.25) is 0 Å². The van der Waals surface area contributed by atoms with Gasteiger partial charge in [-0.05, 0) is 29.7 Å². The van der Waals surface area contributed by atoms with Crippen LogP contribution in [-0.4, -0.2) is 22.2 Å². The summed E-state index contributed by atoms with van der Waals surface area (Å²) in [5.74, 6) is -2.13. The van der Waals surface area contributed by atoms with Gasteiger partial charge in [0.15, 0.2) is 0 Å². The first-order valence-electron chi connectivity index (χ1n) is 7.49. The Balaban J connectivity index is 0.000000597. The molecule has 0 aliphatic heterocycles. The number of hydrogen-bond acceptors (Lipinski definition) is 3. The number of carbonyl (C=O) groups is 2. The van der Waals surface area contributed by atoms with E-state index in [0.29, 0.717) is 28.1 Å². The van der Waals surface area contributed by atoms with Crippen LogP contribution in [0.4, 0.5) is 0 Å². The van der Waals surface area contributed by atoms with E-state index in [9.17, 15) is 9.59 Å². The minimum atomic E-state index is -1.26. The molecule has 0 heterocycles. The summed E-state index contributed by atoms with van der Waals surface area (Å²) in [5.41, 5.74) is 2.53. The van der Waals surface area contributed by atoms with Gasteiger partial charge in [0.25, 0.3) is 0 Å². The van der Waals surface area contributed by atoms with Gasteiger partial charge >= 0.3 is 11.9 Å². The highest BCUT2D eigenvalue weighted by atomic mass is 35.5. The monoisotopic (exact) mass is 397 g/mol. The van der Waals surface area contributed by atoms with Gasteiger partial charge in [0, 0.05) is 18.1 Å². The normalized spacial score (nSPS) is 11.0. The molecule has 2 rings (SSSR count). The van der Waals surface area contributed by atoms with Gasteiger partial charge in [-0.25, -0.2) is 9.59 Å². The van der Waals surface area contributed by atoms with Crippen molar-refractivity contribution in [2.75, 3.05) is 0 Å². The van der Waals surface area contributed by atoms with Gasteiger partial charge in [-0.1, -0.05) is 66.5 Å². The molecule has 0 fully saturated rings. The van der Waals surface area contributed by atoms with Crippen molar-refractivity contribution >= 4 is 35.1 Å². The fraction of sp³-hybridized carbons (Fsp3) is 0.158. The van der Waals surface area contributed by atoms with Crippen molar-refractivity contribution in [3.05, 3.63) is 81.9 Å². The van der Waals surface area contributed by atoms with Crippen LogP contribution < -0.4 is 6.15 Å². The third kappa shape index (κ3) is 8.16. The molecule has 2 aromatic rings. The molecule has 0 spiro atoms. The number of carboxylic acid groups (broad SMARTS) is 2. The molecule has 0 aromatic heterocycles. The SMILES string of the molecule is CCC(c1ccccc1)c1ccc(Cl)c(Cl)c1.N.O=C(O)C=CC(=O)O. The highest BCUT2D eigenvalue weighted by molar-refractivity contribution is 6.42. The first-order valence-corrected chi connectivity index (χ1v) is 8.24. The van der Waals surface area contributed by atoms with Crippen LogP contribution in [0.15, 0.2) is 60.7 Å². The third-order valence-electron chi connectivity index (χ3n) is 3.32. The Morgan fingerprint density at radius 1 is 0.923 bits per heavy atom. The average Bonchev–Trinajstić information content (AvgIpc) is 2.58. The van der Waals surface area contributed by atoms with Crippen LogP contribution in [0.2, 0.25) is 10.0 Å². The van der Waals surface area contributed by atoms with E-state index in [1.807, 2.05) is 18.2 Å². The van der Waals surface area contributed by atoms with E-state index in [4.69, 9.17) is 33.4 Å². The average molecular weight is 398 g/mol. The fourth-order valence-corrected chi connectivity index (χ4v) is 2.53. The Hall–Kier alpha value is -2.34. The molecule has 0 bridgehead atoms. The Morgan fingerprint density at radius 2 is 1.46 bits per heavy atom. The number of carboxylic acids is 2. The zero-order chi connectivity index (χ0) is 18.8. The predicted molar refractivity (Wildman–Crippen MR) is 104 cm³/mol. The molecule has 0 aliphatic carbocycles. The minimum Gasteiger partial charge on any atom is -0.478 e. The van der Waals surface area contributed by atoms with Crippen molar-refractivity contribution in [2.45, 2.75) is 19.3 Å². The maximum Gasteiger partial charge on any atom is 0.328 e. The summed E-state index contributed by atoms with van der Waals surface area (Å²) in [6.07, 6.45) is 2.16. The Labute approximate surface area is 162 Å². The maximum absolute atomic E-state index is 9.55. The molecule has 1 unspecified atom stereocenters. The van der Waals surface area contributed by atoms with Gasteiger partial charge < -0.3 is 16.4 Å². The van der Waals surface area contributed by atoms with Gasteiger partial charge in [-0.2, -0.15) is 0 Å². The lowest BCUT2D eigenvalue weighted by atomic mass is 9.89. The molecule has 140 valence electrons. The molecule has 5 N–H and O–H groups in total. The summed E-state index contributed by atoms with van der Waals surface area (Å²) in [5, 5.41) is 16.9. The number of aliphatic carboxylic acids is 2. The number of halogens is 2. The molecular weight excluding hydrogens is 377 g/mol. The molecule has 1 atom stereocenters.